The average molecular weight is 298 g/mol. The fourth-order valence-electron chi connectivity index (χ4n) is 2.57. The number of ether oxygens (including phenoxy) is 1. The molecule has 0 heterocycles. The molecule has 1 aliphatic rings. The van der Waals surface area contributed by atoms with Crippen LogP contribution in [0.1, 0.15) is 31.2 Å². The van der Waals surface area contributed by atoms with Gasteiger partial charge in [0.1, 0.15) is 10.6 Å². The summed E-state index contributed by atoms with van der Waals surface area (Å²) < 4.78 is 33.0. The van der Waals surface area contributed by atoms with Crippen molar-refractivity contribution in [2.24, 2.45) is 0 Å². The average Bonchev–Trinajstić information content (AvgIpc) is 2.91. The van der Waals surface area contributed by atoms with Crippen molar-refractivity contribution in [3.05, 3.63) is 23.8 Å². The summed E-state index contributed by atoms with van der Waals surface area (Å²) in [4.78, 5) is 0.222. The van der Waals surface area contributed by atoms with Gasteiger partial charge in [-0.1, -0.05) is 18.9 Å². The molecule has 20 heavy (non-hydrogen) atoms. The molecule has 0 aromatic heterocycles. The summed E-state index contributed by atoms with van der Waals surface area (Å²) in [7, 11) is -0.214. The van der Waals surface area contributed by atoms with Gasteiger partial charge < -0.3 is 10.1 Å². The van der Waals surface area contributed by atoms with Crippen LogP contribution in [-0.2, 0) is 16.6 Å². The van der Waals surface area contributed by atoms with E-state index in [2.05, 4.69) is 10.0 Å². The standard InChI is InChI=1S/C14H22N2O3S/c1-15-10-11-7-8-13(19-2)14(9-11)20(17,18)16-12-5-3-4-6-12/h7-9,12,15-16H,3-6,10H2,1-2H3. The van der Waals surface area contributed by atoms with E-state index < -0.39 is 10.0 Å². The first-order valence-electron chi connectivity index (χ1n) is 6.90. The molecule has 0 saturated heterocycles. The largest absolute Gasteiger partial charge is 0.495 e. The predicted molar refractivity (Wildman–Crippen MR) is 78.3 cm³/mol. The van der Waals surface area contributed by atoms with E-state index in [1.807, 2.05) is 13.1 Å². The summed E-state index contributed by atoms with van der Waals surface area (Å²) in [5, 5.41) is 3.02. The lowest BCUT2D eigenvalue weighted by Crippen LogP contribution is -2.33. The van der Waals surface area contributed by atoms with Crippen molar-refractivity contribution in [2.75, 3.05) is 14.2 Å². The fourth-order valence-corrected chi connectivity index (χ4v) is 4.10. The molecule has 0 unspecified atom stereocenters. The van der Waals surface area contributed by atoms with Crippen LogP contribution in [0.25, 0.3) is 0 Å². The lowest BCUT2D eigenvalue weighted by atomic mass is 10.2. The van der Waals surface area contributed by atoms with E-state index in [-0.39, 0.29) is 10.9 Å². The molecule has 0 atom stereocenters. The zero-order valence-electron chi connectivity index (χ0n) is 12.0. The highest BCUT2D eigenvalue weighted by atomic mass is 32.2. The summed E-state index contributed by atoms with van der Waals surface area (Å²) >= 11 is 0. The fraction of sp³-hybridized carbons (Fsp3) is 0.571. The third-order valence-electron chi connectivity index (χ3n) is 3.58. The maximum Gasteiger partial charge on any atom is 0.244 e. The van der Waals surface area contributed by atoms with E-state index >= 15 is 0 Å². The topological polar surface area (TPSA) is 67.4 Å². The third kappa shape index (κ3) is 3.50. The molecule has 1 aliphatic carbocycles. The first-order valence-corrected chi connectivity index (χ1v) is 8.39. The van der Waals surface area contributed by atoms with Crippen LogP contribution in [0.4, 0.5) is 0 Å². The van der Waals surface area contributed by atoms with E-state index in [0.29, 0.717) is 12.3 Å². The van der Waals surface area contributed by atoms with Gasteiger partial charge in [-0.15, -0.1) is 0 Å². The minimum Gasteiger partial charge on any atom is -0.495 e. The second-order valence-corrected chi connectivity index (χ2v) is 6.80. The zero-order valence-corrected chi connectivity index (χ0v) is 12.8. The SMILES string of the molecule is CNCc1ccc(OC)c(S(=O)(=O)NC2CCCC2)c1. The molecule has 0 aliphatic heterocycles. The summed E-state index contributed by atoms with van der Waals surface area (Å²) in [6, 6.07) is 5.30. The molecular formula is C14H22N2O3S. The quantitative estimate of drug-likeness (QED) is 0.838. The van der Waals surface area contributed by atoms with Gasteiger partial charge in [-0.3, -0.25) is 0 Å². The molecule has 1 saturated carbocycles. The summed E-state index contributed by atoms with van der Waals surface area (Å²) in [5.74, 6) is 0.385. The van der Waals surface area contributed by atoms with Gasteiger partial charge >= 0.3 is 0 Å². The number of hydrogen-bond acceptors (Lipinski definition) is 4. The minimum atomic E-state index is -3.53. The molecule has 6 heteroatoms. The van der Waals surface area contributed by atoms with Gasteiger partial charge in [-0.05, 0) is 37.6 Å². The first-order chi connectivity index (χ1) is 9.56. The van der Waals surface area contributed by atoms with Crippen molar-refractivity contribution < 1.29 is 13.2 Å². The van der Waals surface area contributed by atoms with Gasteiger partial charge in [0.2, 0.25) is 10.0 Å². The molecule has 1 aromatic rings. The summed E-state index contributed by atoms with van der Waals surface area (Å²) in [6.45, 7) is 0.621. The van der Waals surface area contributed by atoms with Gasteiger partial charge in [0.05, 0.1) is 7.11 Å². The molecule has 0 bridgehead atoms. The van der Waals surface area contributed by atoms with E-state index in [9.17, 15) is 8.42 Å². The Labute approximate surface area is 120 Å². The highest BCUT2D eigenvalue weighted by Gasteiger charge is 2.25. The zero-order chi connectivity index (χ0) is 14.6. The molecule has 0 spiro atoms. The van der Waals surface area contributed by atoms with Gasteiger partial charge in [-0.2, -0.15) is 0 Å². The number of hydrogen-bond donors (Lipinski definition) is 2. The smallest absolute Gasteiger partial charge is 0.244 e. The normalized spacial score (nSPS) is 16.5. The van der Waals surface area contributed by atoms with Crippen LogP contribution in [0.5, 0.6) is 5.75 Å². The van der Waals surface area contributed by atoms with Crippen LogP contribution in [0, 0.1) is 0 Å². The highest BCUT2D eigenvalue weighted by Crippen LogP contribution is 2.27. The first kappa shape index (κ1) is 15.3. The Morgan fingerprint density at radius 1 is 1.30 bits per heavy atom. The molecule has 2 rings (SSSR count). The molecular weight excluding hydrogens is 276 g/mol. The van der Waals surface area contributed by atoms with Crippen molar-refractivity contribution in [3.63, 3.8) is 0 Å². The van der Waals surface area contributed by atoms with Crippen molar-refractivity contribution in [1.82, 2.24) is 10.0 Å². The Morgan fingerprint density at radius 3 is 2.60 bits per heavy atom. The number of benzene rings is 1. The number of methoxy groups -OCH3 is 1. The molecule has 0 amide bonds. The van der Waals surface area contributed by atoms with Crippen molar-refractivity contribution in [2.45, 2.75) is 43.2 Å². The van der Waals surface area contributed by atoms with Crippen molar-refractivity contribution >= 4 is 10.0 Å². The molecule has 1 aromatic carbocycles. The molecule has 2 N–H and O–H groups in total. The molecule has 1 fully saturated rings. The van der Waals surface area contributed by atoms with E-state index in [1.165, 1.54) is 7.11 Å². The van der Waals surface area contributed by atoms with Gasteiger partial charge in [0.25, 0.3) is 0 Å². The predicted octanol–water partition coefficient (Wildman–Crippen LogP) is 1.64. The van der Waals surface area contributed by atoms with Crippen molar-refractivity contribution in [3.8, 4) is 5.75 Å². The second kappa shape index (κ2) is 6.56. The van der Waals surface area contributed by atoms with Gasteiger partial charge in [0.15, 0.2) is 0 Å². The number of nitrogens with one attached hydrogen (secondary N) is 2. The van der Waals surface area contributed by atoms with Gasteiger partial charge in [0, 0.05) is 12.6 Å². The van der Waals surface area contributed by atoms with Crippen LogP contribution in [0.3, 0.4) is 0 Å². The number of sulfonamides is 1. The van der Waals surface area contributed by atoms with Crippen LogP contribution < -0.4 is 14.8 Å². The Balaban J connectivity index is 2.29. The maximum absolute atomic E-state index is 12.5. The molecule has 0 radical (unpaired) electrons. The number of rotatable bonds is 6. The highest BCUT2D eigenvalue weighted by molar-refractivity contribution is 7.89. The summed E-state index contributed by atoms with van der Waals surface area (Å²) in [6.07, 6.45) is 4.00. The summed E-state index contributed by atoms with van der Waals surface area (Å²) in [5.41, 5.74) is 0.917. The monoisotopic (exact) mass is 298 g/mol. The van der Waals surface area contributed by atoms with Crippen LogP contribution in [0.15, 0.2) is 23.1 Å². The second-order valence-electron chi connectivity index (χ2n) is 5.12. The lowest BCUT2D eigenvalue weighted by Gasteiger charge is -2.15. The van der Waals surface area contributed by atoms with Crippen LogP contribution in [0.2, 0.25) is 0 Å². The Kier molecular flexibility index (Phi) is 5.01. The Bertz CT molecular complexity index is 552. The van der Waals surface area contributed by atoms with E-state index in [4.69, 9.17) is 4.74 Å². The van der Waals surface area contributed by atoms with Crippen molar-refractivity contribution in [1.29, 1.82) is 0 Å². The molecule has 5 nitrogen and oxygen atoms in total. The Morgan fingerprint density at radius 2 is 2.00 bits per heavy atom. The minimum absolute atomic E-state index is 0.0534. The maximum atomic E-state index is 12.5. The molecule has 112 valence electrons. The van der Waals surface area contributed by atoms with E-state index in [0.717, 1.165) is 31.2 Å². The van der Waals surface area contributed by atoms with E-state index in [1.54, 1.807) is 12.1 Å². The van der Waals surface area contributed by atoms with Gasteiger partial charge in [-0.25, -0.2) is 13.1 Å². The van der Waals surface area contributed by atoms with Crippen LogP contribution >= 0.6 is 0 Å². The lowest BCUT2D eigenvalue weighted by molar-refractivity contribution is 0.401. The third-order valence-corrected chi connectivity index (χ3v) is 5.12. The van der Waals surface area contributed by atoms with Crippen LogP contribution in [-0.4, -0.2) is 28.6 Å². The Hall–Kier alpha value is -1.11.